The molecule has 2 fully saturated rings. The Morgan fingerprint density at radius 2 is 1.93 bits per heavy atom. The zero-order valence-electron chi connectivity index (χ0n) is 16.2. The van der Waals surface area contributed by atoms with E-state index in [1.165, 1.54) is 24.8 Å². The number of nitrogens with one attached hydrogen (secondary N) is 2. The molecule has 1 aliphatic heterocycles. The molecule has 1 atom stereocenters. The predicted molar refractivity (Wildman–Crippen MR) is 111 cm³/mol. The van der Waals surface area contributed by atoms with E-state index in [9.17, 15) is 4.79 Å². The molecule has 27 heavy (non-hydrogen) atoms. The maximum atomic E-state index is 12.7. The SMILES string of the molecule is CN=C(NCCc1ccc(Cl)cc1)NC1CCN(C(=O)C2CCCCC2)C1. The van der Waals surface area contributed by atoms with Crippen LogP contribution in [0.4, 0.5) is 0 Å². The molecule has 1 aliphatic carbocycles. The third kappa shape index (κ3) is 5.86. The normalized spacial score (nSPS) is 21.3. The van der Waals surface area contributed by atoms with Gasteiger partial charge in [0.2, 0.25) is 5.91 Å². The summed E-state index contributed by atoms with van der Waals surface area (Å²) in [4.78, 5) is 19.1. The highest BCUT2D eigenvalue weighted by Crippen LogP contribution is 2.26. The number of hydrogen-bond donors (Lipinski definition) is 2. The van der Waals surface area contributed by atoms with Crippen LogP contribution in [-0.4, -0.2) is 49.5 Å². The molecular formula is C21H31ClN4O. The fourth-order valence-electron chi connectivity index (χ4n) is 4.05. The molecule has 148 valence electrons. The second-order valence-corrected chi connectivity index (χ2v) is 8.06. The number of aliphatic imine (C=N–C) groups is 1. The van der Waals surface area contributed by atoms with Gasteiger partial charge in [-0.15, -0.1) is 0 Å². The molecule has 2 N–H and O–H groups in total. The van der Waals surface area contributed by atoms with Crippen LogP contribution < -0.4 is 10.6 Å². The molecule has 0 spiro atoms. The van der Waals surface area contributed by atoms with E-state index in [0.717, 1.165) is 56.3 Å². The number of rotatable bonds is 5. The number of carbonyl (C=O) groups excluding carboxylic acids is 1. The summed E-state index contributed by atoms with van der Waals surface area (Å²) < 4.78 is 0. The Morgan fingerprint density at radius 1 is 1.19 bits per heavy atom. The fourth-order valence-corrected chi connectivity index (χ4v) is 4.18. The lowest BCUT2D eigenvalue weighted by molar-refractivity contribution is -0.135. The van der Waals surface area contributed by atoms with E-state index in [-0.39, 0.29) is 12.0 Å². The lowest BCUT2D eigenvalue weighted by Crippen LogP contribution is -2.46. The standard InChI is InChI=1S/C21H31ClN4O/c1-23-21(24-13-11-16-7-9-18(22)10-8-16)25-19-12-14-26(15-19)20(27)17-5-3-2-4-6-17/h7-10,17,19H,2-6,11-15H2,1H3,(H2,23,24,25). The number of nitrogens with zero attached hydrogens (tertiary/aromatic N) is 2. The maximum Gasteiger partial charge on any atom is 0.225 e. The number of carbonyl (C=O) groups is 1. The Morgan fingerprint density at radius 3 is 2.63 bits per heavy atom. The van der Waals surface area contributed by atoms with Crippen molar-refractivity contribution in [3.63, 3.8) is 0 Å². The molecule has 1 aromatic carbocycles. The third-order valence-corrected chi connectivity index (χ3v) is 5.89. The van der Waals surface area contributed by atoms with Crippen molar-refractivity contribution >= 4 is 23.5 Å². The summed E-state index contributed by atoms with van der Waals surface area (Å²) in [5, 5.41) is 7.60. The molecular weight excluding hydrogens is 360 g/mol. The van der Waals surface area contributed by atoms with Crippen LogP contribution in [0.2, 0.25) is 5.02 Å². The largest absolute Gasteiger partial charge is 0.356 e. The van der Waals surface area contributed by atoms with E-state index >= 15 is 0 Å². The first-order chi connectivity index (χ1) is 13.2. The van der Waals surface area contributed by atoms with Crippen molar-refractivity contribution in [3.05, 3.63) is 34.9 Å². The van der Waals surface area contributed by atoms with Crippen molar-refractivity contribution in [1.29, 1.82) is 0 Å². The summed E-state index contributed by atoms with van der Waals surface area (Å²) >= 11 is 5.92. The Hall–Kier alpha value is -1.75. The second kappa shape index (κ2) is 9.98. The molecule has 6 heteroatoms. The summed E-state index contributed by atoms with van der Waals surface area (Å²) in [5.74, 6) is 1.43. The molecule has 1 saturated heterocycles. The van der Waals surface area contributed by atoms with Crippen LogP contribution in [0.25, 0.3) is 0 Å². The molecule has 1 unspecified atom stereocenters. The predicted octanol–water partition coefficient (Wildman–Crippen LogP) is 3.23. The highest BCUT2D eigenvalue weighted by atomic mass is 35.5. The molecule has 1 amide bonds. The first kappa shape index (κ1) is 20.0. The molecule has 2 aliphatic rings. The minimum absolute atomic E-state index is 0.259. The van der Waals surface area contributed by atoms with Gasteiger partial charge in [-0.05, 0) is 43.4 Å². The van der Waals surface area contributed by atoms with Gasteiger partial charge in [0, 0.05) is 43.7 Å². The number of likely N-dealkylation sites (tertiary alicyclic amines) is 1. The van der Waals surface area contributed by atoms with Crippen LogP contribution in [0.3, 0.4) is 0 Å². The molecule has 5 nitrogen and oxygen atoms in total. The number of guanidine groups is 1. The molecule has 0 aromatic heterocycles. The number of hydrogen-bond acceptors (Lipinski definition) is 2. The summed E-state index contributed by atoms with van der Waals surface area (Å²) in [6.07, 6.45) is 7.73. The van der Waals surface area contributed by atoms with Gasteiger partial charge < -0.3 is 15.5 Å². The third-order valence-electron chi connectivity index (χ3n) is 5.64. The fraction of sp³-hybridized carbons (Fsp3) is 0.619. The Bertz CT molecular complexity index is 640. The molecule has 1 aromatic rings. The van der Waals surface area contributed by atoms with Crippen LogP contribution in [0.15, 0.2) is 29.3 Å². The zero-order chi connectivity index (χ0) is 19.1. The number of amides is 1. The Balaban J connectivity index is 1.40. The Labute approximate surface area is 167 Å². The maximum absolute atomic E-state index is 12.7. The van der Waals surface area contributed by atoms with Crippen LogP contribution in [0.5, 0.6) is 0 Å². The topological polar surface area (TPSA) is 56.7 Å². The smallest absolute Gasteiger partial charge is 0.225 e. The lowest BCUT2D eigenvalue weighted by Gasteiger charge is -2.26. The van der Waals surface area contributed by atoms with Crippen molar-refractivity contribution in [2.45, 2.75) is 51.0 Å². The zero-order valence-corrected chi connectivity index (χ0v) is 17.0. The Kier molecular flexibility index (Phi) is 7.39. The average molecular weight is 391 g/mol. The quantitative estimate of drug-likeness (QED) is 0.599. The molecule has 0 radical (unpaired) electrons. The van der Waals surface area contributed by atoms with Crippen LogP contribution in [-0.2, 0) is 11.2 Å². The van der Waals surface area contributed by atoms with Gasteiger partial charge in [0.1, 0.15) is 0 Å². The second-order valence-electron chi connectivity index (χ2n) is 7.62. The van der Waals surface area contributed by atoms with Crippen LogP contribution in [0, 0.1) is 5.92 Å². The minimum Gasteiger partial charge on any atom is -0.356 e. The highest BCUT2D eigenvalue weighted by molar-refractivity contribution is 6.30. The van der Waals surface area contributed by atoms with Gasteiger partial charge in [0.05, 0.1) is 0 Å². The van der Waals surface area contributed by atoms with E-state index in [1.807, 2.05) is 24.3 Å². The van der Waals surface area contributed by atoms with Crippen molar-refractivity contribution in [2.75, 3.05) is 26.7 Å². The summed E-state index contributed by atoms with van der Waals surface area (Å²) in [6.45, 7) is 2.45. The first-order valence-corrected chi connectivity index (χ1v) is 10.5. The molecule has 1 heterocycles. The minimum atomic E-state index is 0.259. The molecule has 3 rings (SSSR count). The van der Waals surface area contributed by atoms with Crippen LogP contribution in [0.1, 0.15) is 44.1 Å². The number of halogens is 1. The first-order valence-electron chi connectivity index (χ1n) is 10.2. The monoisotopic (exact) mass is 390 g/mol. The van der Waals surface area contributed by atoms with E-state index in [0.29, 0.717) is 5.91 Å². The summed E-state index contributed by atoms with van der Waals surface area (Å²) in [7, 11) is 1.79. The van der Waals surface area contributed by atoms with Gasteiger partial charge in [0.25, 0.3) is 0 Å². The van der Waals surface area contributed by atoms with Crippen molar-refractivity contribution in [3.8, 4) is 0 Å². The van der Waals surface area contributed by atoms with Gasteiger partial charge >= 0.3 is 0 Å². The van der Waals surface area contributed by atoms with E-state index in [2.05, 4.69) is 20.5 Å². The van der Waals surface area contributed by atoms with E-state index < -0.39 is 0 Å². The summed E-state index contributed by atoms with van der Waals surface area (Å²) in [5.41, 5.74) is 1.24. The van der Waals surface area contributed by atoms with Gasteiger partial charge in [-0.1, -0.05) is 43.0 Å². The van der Waals surface area contributed by atoms with E-state index in [1.54, 1.807) is 7.05 Å². The van der Waals surface area contributed by atoms with Crippen LogP contribution >= 0.6 is 11.6 Å². The van der Waals surface area contributed by atoms with Crippen molar-refractivity contribution < 1.29 is 4.79 Å². The molecule has 1 saturated carbocycles. The highest BCUT2D eigenvalue weighted by Gasteiger charge is 2.31. The summed E-state index contributed by atoms with van der Waals surface area (Å²) in [6, 6.07) is 8.21. The average Bonchev–Trinajstić information content (AvgIpc) is 3.17. The van der Waals surface area contributed by atoms with Crippen molar-refractivity contribution in [1.82, 2.24) is 15.5 Å². The van der Waals surface area contributed by atoms with Crippen molar-refractivity contribution in [2.24, 2.45) is 10.9 Å². The van der Waals surface area contributed by atoms with Gasteiger partial charge in [-0.3, -0.25) is 9.79 Å². The lowest BCUT2D eigenvalue weighted by atomic mass is 9.88. The van der Waals surface area contributed by atoms with Gasteiger partial charge in [-0.2, -0.15) is 0 Å². The van der Waals surface area contributed by atoms with E-state index in [4.69, 9.17) is 11.6 Å². The van der Waals surface area contributed by atoms with Gasteiger partial charge in [-0.25, -0.2) is 0 Å². The number of benzene rings is 1. The van der Waals surface area contributed by atoms with Gasteiger partial charge in [0.15, 0.2) is 5.96 Å². The molecule has 0 bridgehead atoms.